The Kier molecular flexibility index (Phi) is 12.3. The van der Waals surface area contributed by atoms with E-state index in [1.165, 1.54) is 19.1 Å². The number of amides is 3. The number of anilines is 1. The van der Waals surface area contributed by atoms with Crippen LogP contribution in [0.4, 0.5) is 18.2 Å². The predicted octanol–water partition coefficient (Wildman–Crippen LogP) is 3.17. The number of nitrogens with one attached hydrogen (secondary N) is 4. The van der Waals surface area contributed by atoms with E-state index in [1.807, 2.05) is 6.92 Å². The highest BCUT2D eigenvalue weighted by molar-refractivity contribution is 7.18. The molecule has 3 amide bonds. The molecule has 0 aliphatic rings. The van der Waals surface area contributed by atoms with Crippen LogP contribution >= 0.6 is 11.3 Å². The summed E-state index contributed by atoms with van der Waals surface area (Å²) in [6.45, 7) is 7.46. The number of benzene rings is 1. The van der Waals surface area contributed by atoms with Gasteiger partial charge in [0.1, 0.15) is 5.00 Å². The Hall–Kier alpha value is -3.49. The molecule has 0 aliphatic carbocycles. The van der Waals surface area contributed by atoms with Gasteiger partial charge < -0.3 is 31.7 Å². The molecule has 1 aromatic carbocycles. The average Bonchev–Trinajstić information content (AvgIpc) is 3.24. The average molecular weight is 600 g/mol. The lowest BCUT2D eigenvalue weighted by Gasteiger charge is -2.16. The molecule has 1 heterocycles. The predicted molar refractivity (Wildman–Crippen MR) is 150 cm³/mol. The van der Waals surface area contributed by atoms with Crippen LogP contribution in [-0.2, 0) is 20.5 Å². The fourth-order valence-corrected chi connectivity index (χ4v) is 5.01. The van der Waals surface area contributed by atoms with Gasteiger partial charge in [-0.05, 0) is 50.5 Å². The first kappa shape index (κ1) is 33.7. The van der Waals surface area contributed by atoms with Crippen LogP contribution in [-0.4, -0.2) is 62.5 Å². The molecule has 14 heteroatoms. The summed E-state index contributed by atoms with van der Waals surface area (Å²) in [6, 6.07) is 3.71. The van der Waals surface area contributed by atoms with E-state index >= 15 is 0 Å². The van der Waals surface area contributed by atoms with E-state index in [9.17, 15) is 32.3 Å². The molecule has 1 aromatic heterocycles. The molecule has 0 saturated heterocycles. The van der Waals surface area contributed by atoms with Crippen molar-refractivity contribution in [3.05, 3.63) is 51.4 Å². The Morgan fingerprint density at radius 2 is 1.63 bits per heavy atom. The summed E-state index contributed by atoms with van der Waals surface area (Å²) in [6.07, 6.45) is -4.23. The highest BCUT2D eigenvalue weighted by atomic mass is 32.1. The van der Waals surface area contributed by atoms with E-state index in [-0.39, 0.29) is 52.5 Å². The zero-order valence-corrected chi connectivity index (χ0v) is 24.3. The number of carbonyl (C=O) groups excluding carboxylic acids is 4. The van der Waals surface area contributed by atoms with Gasteiger partial charge in [0.2, 0.25) is 11.8 Å². The van der Waals surface area contributed by atoms with Crippen LogP contribution in [0.15, 0.2) is 24.3 Å². The molecule has 41 heavy (non-hydrogen) atoms. The topological polar surface area (TPSA) is 152 Å². The molecule has 0 fully saturated rings. The lowest BCUT2D eigenvalue weighted by atomic mass is 9.94. The fraction of sp³-hybridized carbons (Fsp3) is 0.481. The van der Waals surface area contributed by atoms with E-state index in [0.717, 1.165) is 30.6 Å². The second-order valence-corrected chi connectivity index (χ2v) is 10.5. The second kappa shape index (κ2) is 14.9. The summed E-state index contributed by atoms with van der Waals surface area (Å²) < 4.78 is 43.7. The summed E-state index contributed by atoms with van der Waals surface area (Å²) in [7, 11) is 1.16. The van der Waals surface area contributed by atoms with Crippen molar-refractivity contribution in [1.29, 1.82) is 0 Å². The first-order valence-corrected chi connectivity index (χ1v) is 13.8. The minimum atomic E-state index is -4.51. The smallest absolute Gasteiger partial charge is 0.416 e. The number of hydrogen-bond donors (Lipinski definition) is 5. The molecular weight excluding hydrogens is 563 g/mol. The third-order valence-corrected chi connectivity index (χ3v) is 7.40. The first-order chi connectivity index (χ1) is 19.2. The minimum Gasteiger partial charge on any atom is -0.465 e. The fourth-order valence-electron chi connectivity index (χ4n) is 3.89. The van der Waals surface area contributed by atoms with Gasteiger partial charge in [-0.1, -0.05) is 19.1 Å². The molecule has 0 spiro atoms. The molecule has 226 valence electrons. The zero-order chi connectivity index (χ0) is 30.9. The molecule has 2 aromatic rings. The van der Waals surface area contributed by atoms with Crippen molar-refractivity contribution in [3.8, 4) is 0 Å². The monoisotopic (exact) mass is 599 g/mol. The summed E-state index contributed by atoms with van der Waals surface area (Å²) in [4.78, 5) is 50.9. The minimum absolute atomic E-state index is 0.000562. The number of thiophene rings is 1. The van der Waals surface area contributed by atoms with Crippen LogP contribution in [0.5, 0.6) is 0 Å². The molecule has 0 aliphatic heterocycles. The van der Waals surface area contributed by atoms with Crippen LogP contribution in [0, 0.1) is 6.92 Å². The molecule has 10 nitrogen and oxygen atoms in total. The van der Waals surface area contributed by atoms with E-state index in [2.05, 4.69) is 21.3 Å². The normalized spacial score (nSPS) is 13.6. The summed E-state index contributed by atoms with van der Waals surface area (Å²) >= 11 is 0.871. The largest absolute Gasteiger partial charge is 0.465 e. The number of alkyl halides is 3. The maximum atomic E-state index is 13.2. The number of esters is 1. The standard InChI is InChI=1S/C27H36F3N5O5S/c1-6-19(17-7-9-18(10-8-17)27(28,29)30)23(37)35-25-20(26(39)40-5)15(3)21(41-25)24(38)33-12-11-32-22(36)16(4)34-13-14(2)31/h7-10,14,16,19,34H,6,11-13,31H2,1-5H3,(H,32,36)(H,33,38)(H,35,37)/t14-,16-,19?/m0/s1. The van der Waals surface area contributed by atoms with Gasteiger partial charge in [0.15, 0.2) is 0 Å². The van der Waals surface area contributed by atoms with Crippen LogP contribution < -0.4 is 27.0 Å². The lowest BCUT2D eigenvalue weighted by molar-refractivity contribution is -0.137. The maximum absolute atomic E-state index is 13.2. The van der Waals surface area contributed by atoms with Gasteiger partial charge in [-0.25, -0.2) is 4.79 Å². The van der Waals surface area contributed by atoms with Gasteiger partial charge in [-0.15, -0.1) is 11.3 Å². The van der Waals surface area contributed by atoms with Crippen molar-refractivity contribution in [2.75, 3.05) is 32.1 Å². The lowest BCUT2D eigenvalue weighted by Crippen LogP contribution is -2.47. The number of methoxy groups -OCH3 is 1. The van der Waals surface area contributed by atoms with E-state index in [4.69, 9.17) is 10.5 Å². The Morgan fingerprint density at radius 1 is 1.02 bits per heavy atom. The molecule has 2 rings (SSSR count). The van der Waals surface area contributed by atoms with Crippen molar-refractivity contribution in [2.45, 2.75) is 58.3 Å². The van der Waals surface area contributed by atoms with Crippen molar-refractivity contribution in [2.24, 2.45) is 5.73 Å². The Morgan fingerprint density at radius 3 is 2.17 bits per heavy atom. The number of hydrogen-bond acceptors (Lipinski definition) is 8. The molecule has 0 bridgehead atoms. The van der Waals surface area contributed by atoms with Gasteiger partial charge >= 0.3 is 12.1 Å². The Bertz CT molecular complexity index is 1230. The molecule has 0 saturated carbocycles. The zero-order valence-electron chi connectivity index (χ0n) is 23.5. The van der Waals surface area contributed by atoms with Crippen molar-refractivity contribution in [3.63, 3.8) is 0 Å². The second-order valence-electron chi connectivity index (χ2n) is 9.48. The number of ether oxygens (including phenoxy) is 1. The van der Waals surface area contributed by atoms with Gasteiger partial charge in [0.05, 0.1) is 35.1 Å². The molecule has 1 unspecified atom stereocenters. The number of carbonyl (C=O) groups is 4. The first-order valence-electron chi connectivity index (χ1n) is 13.0. The van der Waals surface area contributed by atoms with Crippen LogP contribution in [0.25, 0.3) is 0 Å². The third kappa shape index (κ3) is 9.26. The summed E-state index contributed by atoms with van der Waals surface area (Å²) in [5.41, 5.74) is 5.49. The summed E-state index contributed by atoms with van der Waals surface area (Å²) in [5, 5.41) is 11.1. The maximum Gasteiger partial charge on any atom is 0.416 e. The van der Waals surface area contributed by atoms with E-state index < -0.39 is 41.5 Å². The Balaban J connectivity index is 2.13. The van der Waals surface area contributed by atoms with Gasteiger partial charge in [-0.3, -0.25) is 14.4 Å². The Labute approximate surface area is 240 Å². The SMILES string of the molecule is CCC(C(=O)Nc1sc(C(=O)NCCNC(=O)[C@H](C)NC[C@H](C)N)c(C)c1C(=O)OC)c1ccc(C(F)(F)F)cc1. The summed E-state index contributed by atoms with van der Waals surface area (Å²) in [5.74, 6) is -2.92. The number of halogens is 3. The van der Waals surface area contributed by atoms with Crippen molar-refractivity contribution < 1.29 is 37.1 Å². The van der Waals surface area contributed by atoms with Gasteiger partial charge in [0.25, 0.3) is 5.91 Å². The highest BCUT2D eigenvalue weighted by Gasteiger charge is 2.31. The van der Waals surface area contributed by atoms with Crippen LogP contribution in [0.3, 0.4) is 0 Å². The van der Waals surface area contributed by atoms with Crippen molar-refractivity contribution >= 4 is 40.0 Å². The number of nitrogens with two attached hydrogens (primary N) is 1. The quantitative estimate of drug-likeness (QED) is 0.175. The van der Waals surface area contributed by atoms with E-state index in [1.54, 1.807) is 13.8 Å². The van der Waals surface area contributed by atoms with Gasteiger partial charge in [0, 0.05) is 25.7 Å². The third-order valence-electron chi connectivity index (χ3n) is 6.19. The highest BCUT2D eigenvalue weighted by Crippen LogP contribution is 2.35. The molecular formula is C27H36F3N5O5S. The van der Waals surface area contributed by atoms with Crippen LogP contribution in [0.2, 0.25) is 0 Å². The van der Waals surface area contributed by atoms with Crippen molar-refractivity contribution in [1.82, 2.24) is 16.0 Å². The number of rotatable bonds is 13. The molecule has 6 N–H and O–H groups in total. The molecule has 0 radical (unpaired) electrons. The van der Waals surface area contributed by atoms with Crippen LogP contribution in [0.1, 0.15) is 69.8 Å². The van der Waals surface area contributed by atoms with Gasteiger partial charge in [-0.2, -0.15) is 13.2 Å². The van der Waals surface area contributed by atoms with E-state index in [0.29, 0.717) is 12.1 Å². The molecule has 3 atom stereocenters.